The number of nitrogens with one attached hydrogen (secondary N) is 1. The van der Waals surface area contributed by atoms with Gasteiger partial charge in [0, 0.05) is 19.2 Å². The van der Waals surface area contributed by atoms with Crippen LogP contribution in [0.25, 0.3) is 0 Å². The van der Waals surface area contributed by atoms with Crippen molar-refractivity contribution in [2.75, 3.05) is 11.9 Å². The molecule has 1 saturated carbocycles. The second-order valence-electron chi connectivity index (χ2n) is 7.71. The van der Waals surface area contributed by atoms with Crippen LogP contribution in [0, 0.1) is 10.1 Å². The van der Waals surface area contributed by atoms with E-state index in [1.165, 1.54) is 36.4 Å². The van der Waals surface area contributed by atoms with Crippen LogP contribution in [0.4, 0.5) is 11.4 Å². The molecule has 2 amide bonds. The molecule has 31 heavy (non-hydrogen) atoms. The average molecular weight is 425 g/mol. The van der Waals surface area contributed by atoms with Crippen molar-refractivity contribution in [3.05, 3.63) is 64.2 Å². The molecule has 1 aliphatic rings. The topological polar surface area (TPSA) is 102 Å². The summed E-state index contributed by atoms with van der Waals surface area (Å²) >= 11 is 0. The fourth-order valence-corrected chi connectivity index (χ4v) is 3.81. The monoisotopic (exact) mass is 425 g/mol. The van der Waals surface area contributed by atoms with Gasteiger partial charge in [-0.1, -0.05) is 43.5 Å². The Morgan fingerprint density at radius 1 is 1.10 bits per heavy atom. The average Bonchev–Trinajstić information content (AvgIpc) is 2.79. The highest BCUT2D eigenvalue weighted by Crippen LogP contribution is 2.28. The first-order chi connectivity index (χ1) is 14.9. The third-order valence-corrected chi connectivity index (χ3v) is 5.49. The number of carbonyl (C=O) groups is 2. The molecular weight excluding hydrogens is 398 g/mol. The van der Waals surface area contributed by atoms with Crippen molar-refractivity contribution < 1.29 is 19.2 Å². The van der Waals surface area contributed by atoms with E-state index in [1.54, 1.807) is 37.4 Å². The Kier molecular flexibility index (Phi) is 7.23. The number of ether oxygens (including phenoxy) is 1. The number of likely N-dealkylation sites (N-methyl/N-ethyl adjacent to an activating group) is 1. The van der Waals surface area contributed by atoms with Crippen molar-refractivity contribution in [1.82, 2.24) is 5.32 Å². The van der Waals surface area contributed by atoms with E-state index in [2.05, 4.69) is 5.32 Å². The highest BCUT2D eigenvalue weighted by molar-refractivity contribution is 6.05. The number of para-hydroxylation sites is 3. The first-order valence-electron chi connectivity index (χ1n) is 10.5. The van der Waals surface area contributed by atoms with Crippen LogP contribution < -0.4 is 15.0 Å². The van der Waals surface area contributed by atoms with Crippen LogP contribution in [0.1, 0.15) is 49.4 Å². The minimum atomic E-state index is -0.986. The molecule has 8 nitrogen and oxygen atoms in total. The molecule has 164 valence electrons. The van der Waals surface area contributed by atoms with Gasteiger partial charge in [0.25, 0.3) is 11.8 Å². The Morgan fingerprint density at radius 2 is 1.74 bits per heavy atom. The third kappa shape index (κ3) is 5.39. The van der Waals surface area contributed by atoms with Gasteiger partial charge in [0.15, 0.2) is 11.9 Å². The predicted octanol–water partition coefficient (Wildman–Crippen LogP) is 4.09. The number of hydrogen-bond acceptors (Lipinski definition) is 5. The number of amides is 2. The van der Waals surface area contributed by atoms with Crippen LogP contribution in [0.2, 0.25) is 0 Å². The molecule has 0 heterocycles. The smallest absolute Gasteiger partial charge is 0.310 e. The first-order valence-corrected chi connectivity index (χ1v) is 10.5. The molecule has 1 fully saturated rings. The van der Waals surface area contributed by atoms with Gasteiger partial charge in [-0.05, 0) is 38.0 Å². The Labute approximate surface area is 181 Å². The quantitative estimate of drug-likeness (QED) is 0.532. The SMILES string of the molecule is C[C@@H](Oc1ccccc1[N+](=O)[O-])C(=O)N(C)c1ccccc1C(=O)NC1CCCCC1. The highest BCUT2D eigenvalue weighted by Gasteiger charge is 2.27. The van der Waals surface area contributed by atoms with Crippen LogP contribution in [-0.2, 0) is 4.79 Å². The zero-order valence-electron chi connectivity index (χ0n) is 17.7. The minimum absolute atomic E-state index is 0.0186. The number of carbonyl (C=O) groups excluding carboxylic acids is 2. The number of nitro benzene ring substituents is 1. The summed E-state index contributed by atoms with van der Waals surface area (Å²) in [4.78, 5) is 37.9. The van der Waals surface area contributed by atoms with E-state index in [0.29, 0.717) is 11.3 Å². The number of benzene rings is 2. The Balaban J connectivity index is 1.75. The van der Waals surface area contributed by atoms with Crippen molar-refractivity contribution in [3.8, 4) is 5.75 Å². The normalized spacial score (nSPS) is 15.0. The Bertz CT molecular complexity index is 956. The molecule has 0 radical (unpaired) electrons. The summed E-state index contributed by atoms with van der Waals surface area (Å²) < 4.78 is 5.60. The molecule has 0 saturated heterocycles. The lowest BCUT2D eigenvalue weighted by Gasteiger charge is -2.26. The van der Waals surface area contributed by atoms with Gasteiger partial charge in [0.1, 0.15) is 0 Å². The van der Waals surface area contributed by atoms with Crippen LogP contribution in [-0.4, -0.2) is 35.9 Å². The zero-order chi connectivity index (χ0) is 22.4. The number of hydrogen-bond donors (Lipinski definition) is 1. The summed E-state index contributed by atoms with van der Waals surface area (Å²) in [6.07, 6.45) is 4.34. The number of nitrogens with zero attached hydrogens (tertiary/aromatic N) is 2. The molecular formula is C23H27N3O5. The van der Waals surface area contributed by atoms with Gasteiger partial charge in [-0.2, -0.15) is 0 Å². The maximum atomic E-state index is 13.0. The van der Waals surface area contributed by atoms with E-state index < -0.39 is 16.9 Å². The van der Waals surface area contributed by atoms with E-state index in [1.807, 2.05) is 0 Å². The number of nitro groups is 1. The molecule has 0 spiro atoms. The maximum Gasteiger partial charge on any atom is 0.310 e. The second-order valence-corrected chi connectivity index (χ2v) is 7.71. The Morgan fingerprint density at radius 3 is 2.45 bits per heavy atom. The third-order valence-electron chi connectivity index (χ3n) is 5.49. The van der Waals surface area contributed by atoms with Gasteiger partial charge >= 0.3 is 5.69 Å². The summed E-state index contributed by atoms with van der Waals surface area (Å²) in [5.41, 5.74) is 0.651. The van der Waals surface area contributed by atoms with Crippen LogP contribution in [0.15, 0.2) is 48.5 Å². The van der Waals surface area contributed by atoms with E-state index in [0.717, 1.165) is 25.7 Å². The molecule has 0 aliphatic heterocycles. The summed E-state index contributed by atoms with van der Waals surface area (Å²) in [6.45, 7) is 1.53. The summed E-state index contributed by atoms with van der Waals surface area (Å²) in [5.74, 6) is -0.615. The predicted molar refractivity (Wildman–Crippen MR) is 117 cm³/mol. The summed E-state index contributed by atoms with van der Waals surface area (Å²) in [7, 11) is 1.56. The highest BCUT2D eigenvalue weighted by atomic mass is 16.6. The Hall–Kier alpha value is -3.42. The van der Waals surface area contributed by atoms with Crippen molar-refractivity contribution in [3.63, 3.8) is 0 Å². The first kappa shape index (κ1) is 22.3. The molecule has 1 atom stereocenters. The number of anilines is 1. The van der Waals surface area contributed by atoms with Gasteiger partial charge in [-0.25, -0.2) is 0 Å². The van der Waals surface area contributed by atoms with Crippen LogP contribution in [0.5, 0.6) is 5.75 Å². The lowest BCUT2D eigenvalue weighted by atomic mass is 9.95. The largest absolute Gasteiger partial charge is 0.474 e. The van der Waals surface area contributed by atoms with E-state index in [9.17, 15) is 19.7 Å². The zero-order valence-corrected chi connectivity index (χ0v) is 17.7. The maximum absolute atomic E-state index is 13.0. The summed E-state index contributed by atoms with van der Waals surface area (Å²) in [5, 5.41) is 14.3. The fourth-order valence-electron chi connectivity index (χ4n) is 3.81. The van der Waals surface area contributed by atoms with Gasteiger partial charge < -0.3 is 15.0 Å². The molecule has 2 aromatic carbocycles. The molecule has 1 N–H and O–H groups in total. The molecule has 0 bridgehead atoms. The van der Waals surface area contributed by atoms with Gasteiger partial charge in [0.2, 0.25) is 0 Å². The molecule has 3 rings (SSSR count). The lowest BCUT2D eigenvalue weighted by Crippen LogP contribution is -2.40. The van der Waals surface area contributed by atoms with Crippen molar-refractivity contribution in [2.45, 2.75) is 51.2 Å². The van der Waals surface area contributed by atoms with E-state index in [-0.39, 0.29) is 23.4 Å². The van der Waals surface area contributed by atoms with Gasteiger partial charge in [0.05, 0.1) is 16.2 Å². The van der Waals surface area contributed by atoms with E-state index in [4.69, 9.17) is 4.74 Å². The standard InChI is InChI=1S/C23H27N3O5/c1-16(31-21-15-9-8-14-20(21)26(29)30)23(28)25(2)19-13-7-6-12-18(19)22(27)24-17-10-4-3-5-11-17/h6-9,12-17H,3-5,10-11H2,1-2H3,(H,24,27)/t16-/m1/s1. The number of rotatable bonds is 7. The molecule has 0 aromatic heterocycles. The van der Waals surface area contributed by atoms with E-state index >= 15 is 0 Å². The van der Waals surface area contributed by atoms with Crippen molar-refractivity contribution in [1.29, 1.82) is 0 Å². The van der Waals surface area contributed by atoms with Gasteiger partial charge in [-0.15, -0.1) is 0 Å². The molecule has 8 heteroatoms. The van der Waals surface area contributed by atoms with Crippen molar-refractivity contribution in [2.24, 2.45) is 0 Å². The van der Waals surface area contributed by atoms with Gasteiger partial charge in [-0.3, -0.25) is 19.7 Å². The lowest BCUT2D eigenvalue weighted by molar-refractivity contribution is -0.386. The van der Waals surface area contributed by atoms with Crippen LogP contribution >= 0.6 is 0 Å². The molecule has 0 unspecified atom stereocenters. The molecule has 1 aliphatic carbocycles. The fraction of sp³-hybridized carbons (Fsp3) is 0.391. The minimum Gasteiger partial charge on any atom is -0.474 e. The summed E-state index contributed by atoms with van der Waals surface area (Å²) in [6, 6.07) is 13.0. The van der Waals surface area contributed by atoms with Crippen LogP contribution in [0.3, 0.4) is 0 Å². The molecule has 2 aromatic rings. The second kappa shape index (κ2) is 10.1. The van der Waals surface area contributed by atoms with Crippen molar-refractivity contribution >= 4 is 23.2 Å².